The summed E-state index contributed by atoms with van der Waals surface area (Å²) in [6.45, 7) is 0. The molecular weight excluding hydrogens is 220 g/mol. The van der Waals surface area contributed by atoms with Gasteiger partial charge in [0.25, 0.3) is 5.88 Å². The van der Waals surface area contributed by atoms with Gasteiger partial charge in [0, 0.05) is 37.2 Å². The quantitative estimate of drug-likeness (QED) is 0.763. The number of nitrogens with zero attached hydrogens (tertiary/aromatic N) is 2. The molecule has 1 atom stereocenters. The molecule has 84 valence electrons. The summed E-state index contributed by atoms with van der Waals surface area (Å²) in [5, 5.41) is 3.51. The molecule has 6 nitrogen and oxygen atoms in total. The van der Waals surface area contributed by atoms with Crippen LogP contribution in [0.5, 0.6) is 5.88 Å². The van der Waals surface area contributed by atoms with Crippen LogP contribution in [0.4, 0.5) is 4.79 Å². The molecule has 1 unspecified atom stereocenters. The van der Waals surface area contributed by atoms with Gasteiger partial charge >= 0.3 is 6.09 Å². The van der Waals surface area contributed by atoms with Crippen molar-refractivity contribution in [3.05, 3.63) is 11.8 Å². The van der Waals surface area contributed by atoms with Crippen LogP contribution < -0.4 is 4.74 Å². The lowest BCUT2D eigenvalue weighted by molar-refractivity contribution is 0.167. The molecule has 0 bridgehead atoms. The van der Waals surface area contributed by atoms with Gasteiger partial charge < -0.3 is 14.2 Å². The van der Waals surface area contributed by atoms with E-state index in [1.54, 1.807) is 20.4 Å². The van der Waals surface area contributed by atoms with E-state index in [-0.39, 0.29) is 11.6 Å². The van der Waals surface area contributed by atoms with Crippen molar-refractivity contribution < 1.29 is 18.3 Å². The molecular formula is C8H12N2O4S. The van der Waals surface area contributed by atoms with Crippen molar-refractivity contribution in [1.29, 1.82) is 0 Å². The third kappa shape index (κ3) is 3.70. The second-order valence-corrected chi connectivity index (χ2v) is 4.55. The largest absolute Gasteiger partial charge is 0.416 e. The Kier molecular flexibility index (Phi) is 3.84. The van der Waals surface area contributed by atoms with Crippen molar-refractivity contribution in [2.24, 2.45) is 0 Å². The summed E-state index contributed by atoms with van der Waals surface area (Å²) in [6.07, 6.45) is 1.01. The minimum atomic E-state index is -1.01. The molecule has 1 rings (SSSR count). The molecule has 0 fully saturated rings. The van der Waals surface area contributed by atoms with Gasteiger partial charge in [0.05, 0.1) is 5.75 Å². The fourth-order valence-electron chi connectivity index (χ4n) is 0.791. The van der Waals surface area contributed by atoms with Crippen LogP contribution in [0.15, 0.2) is 10.6 Å². The maximum absolute atomic E-state index is 11.1. The highest BCUT2D eigenvalue weighted by atomic mass is 32.2. The molecule has 7 heteroatoms. The third-order valence-corrected chi connectivity index (χ3v) is 2.13. The lowest BCUT2D eigenvalue weighted by Gasteiger charge is -2.07. The van der Waals surface area contributed by atoms with Gasteiger partial charge in [-0.1, -0.05) is 0 Å². The van der Waals surface area contributed by atoms with E-state index < -0.39 is 16.9 Å². The van der Waals surface area contributed by atoms with E-state index in [1.807, 2.05) is 0 Å². The number of amides is 1. The van der Waals surface area contributed by atoms with E-state index in [0.29, 0.717) is 5.76 Å². The average Bonchev–Trinajstić information content (AvgIpc) is 2.51. The molecule has 0 saturated carbocycles. The highest BCUT2D eigenvalue weighted by Gasteiger charge is 2.12. The van der Waals surface area contributed by atoms with E-state index in [2.05, 4.69) is 5.16 Å². The molecule has 1 heterocycles. The fraction of sp³-hybridized carbons (Fsp3) is 0.500. The number of ether oxygens (including phenoxy) is 1. The molecule has 0 spiro atoms. The lowest BCUT2D eigenvalue weighted by Crippen LogP contribution is -2.25. The number of carbonyl (C=O) groups is 1. The summed E-state index contributed by atoms with van der Waals surface area (Å²) >= 11 is 0. The average molecular weight is 232 g/mol. The van der Waals surface area contributed by atoms with Crippen LogP contribution in [0.3, 0.4) is 0 Å². The second kappa shape index (κ2) is 4.92. The first-order valence-corrected chi connectivity index (χ1v) is 5.86. The monoisotopic (exact) mass is 232 g/mol. The number of rotatable bonds is 3. The molecule has 0 aromatic carbocycles. The Morgan fingerprint density at radius 1 is 1.67 bits per heavy atom. The lowest BCUT2D eigenvalue weighted by atomic mass is 10.5. The highest BCUT2D eigenvalue weighted by molar-refractivity contribution is 7.83. The summed E-state index contributed by atoms with van der Waals surface area (Å²) < 4.78 is 20.5. The van der Waals surface area contributed by atoms with Crippen molar-refractivity contribution in [1.82, 2.24) is 10.1 Å². The number of hydrogen-bond donors (Lipinski definition) is 0. The minimum Gasteiger partial charge on any atom is -0.388 e. The Morgan fingerprint density at radius 3 is 2.87 bits per heavy atom. The molecule has 0 radical (unpaired) electrons. The second-order valence-electron chi connectivity index (χ2n) is 3.11. The summed E-state index contributed by atoms with van der Waals surface area (Å²) in [6, 6.07) is 1.45. The van der Waals surface area contributed by atoms with Crippen LogP contribution in [0.25, 0.3) is 0 Å². The maximum Gasteiger partial charge on any atom is 0.416 e. The Balaban J connectivity index is 2.60. The van der Waals surface area contributed by atoms with Gasteiger partial charge in [-0.05, 0) is 5.16 Å². The van der Waals surface area contributed by atoms with Crippen LogP contribution in [0, 0.1) is 0 Å². The van der Waals surface area contributed by atoms with Crippen LogP contribution in [0.2, 0.25) is 0 Å². The smallest absolute Gasteiger partial charge is 0.388 e. The van der Waals surface area contributed by atoms with Crippen molar-refractivity contribution in [2.75, 3.05) is 20.4 Å². The van der Waals surface area contributed by atoms with Crippen molar-refractivity contribution in [2.45, 2.75) is 5.75 Å². The maximum atomic E-state index is 11.1. The molecule has 0 N–H and O–H groups in total. The van der Waals surface area contributed by atoms with Crippen molar-refractivity contribution in [3.63, 3.8) is 0 Å². The first-order valence-electron chi connectivity index (χ1n) is 4.14. The third-order valence-electron chi connectivity index (χ3n) is 1.44. The van der Waals surface area contributed by atoms with Crippen LogP contribution >= 0.6 is 0 Å². The summed E-state index contributed by atoms with van der Waals surface area (Å²) in [7, 11) is 2.11. The topological polar surface area (TPSA) is 72.6 Å². The number of carbonyl (C=O) groups excluding carboxylic acids is 1. The van der Waals surface area contributed by atoms with Crippen molar-refractivity contribution >= 4 is 16.9 Å². The van der Waals surface area contributed by atoms with Gasteiger partial charge in [-0.3, -0.25) is 4.21 Å². The highest BCUT2D eigenvalue weighted by Crippen LogP contribution is 2.13. The molecule has 1 aromatic rings. The number of aromatic nitrogens is 1. The molecule has 0 aliphatic carbocycles. The summed E-state index contributed by atoms with van der Waals surface area (Å²) in [5.74, 6) is 0.763. The first kappa shape index (κ1) is 11.7. The standard InChI is InChI=1S/C8H12N2O4S/c1-10(2)8(11)13-7-4-6(14-9-7)5-15(3)12/h4H,5H2,1-3H3. The molecule has 15 heavy (non-hydrogen) atoms. The predicted octanol–water partition coefficient (Wildman–Crippen LogP) is 0.613. The SMILES string of the molecule is CN(C)C(=O)Oc1cc(CS(C)=O)on1. The minimum absolute atomic E-state index is 0.0779. The van der Waals surface area contributed by atoms with Crippen molar-refractivity contribution in [3.8, 4) is 5.88 Å². The molecule has 1 aromatic heterocycles. The fourth-order valence-corrected chi connectivity index (χ4v) is 1.33. The zero-order chi connectivity index (χ0) is 11.4. The van der Waals surface area contributed by atoms with Gasteiger partial charge in [-0.25, -0.2) is 4.79 Å². The Bertz CT molecular complexity index is 374. The zero-order valence-electron chi connectivity index (χ0n) is 8.72. The predicted molar refractivity (Wildman–Crippen MR) is 54.0 cm³/mol. The first-order chi connectivity index (χ1) is 6.99. The number of hydrogen-bond acceptors (Lipinski definition) is 5. The van der Waals surface area contributed by atoms with E-state index in [9.17, 15) is 9.00 Å². The van der Waals surface area contributed by atoms with Gasteiger partial charge in [0.1, 0.15) is 0 Å². The zero-order valence-corrected chi connectivity index (χ0v) is 9.54. The van der Waals surface area contributed by atoms with E-state index in [0.717, 1.165) is 0 Å². The van der Waals surface area contributed by atoms with Gasteiger partial charge in [0.15, 0.2) is 5.76 Å². The Morgan fingerprint density at radius 2 is 2.33 bits per heavy atom. The van der Waals surface area contributed by atoms with Crippen LogP contribution in [-0.4, -0.2) is 40.7 Å². The van der Waals surface area contributed by atoms with E-state index in [1.165, 1.54) is 11.0 Å². The summed E-state index contributed by atoms with van der Waals surface area (Å²) in [5.41, 5.74) is 0. The van der Waals surface area contributed by atoms with Crippen LogP contribution in [0.1, 0.15) is 5.76 Å². The van der Waals surface area contributed by atoms with Gasteiger partial charge in [-0.15, -0.1) is 0 Å². The Hall–Kier alpha value is -1.37. The molecule has 0 saturated heterocycles. The normalized spacial score (nSPS) is 12.2. The summed E-state index contributed by atoms with van der Waals surface area (Å²) in [4.78, 5) is 12.4. The Labute approximate surface area is 89.6 Å². The van der Waals surface area contributed by atoms with E-state index in [4.69, 9.17) is 9.26 Å². The molecule has 0 aliphatic rings. The van der Waals surface area contributed by atoms with Gasteiger partial charge in [-0.2, -0.15) is 0 Å². The molecule has 1 amide bonds. The van der Waals surface area contributed by atoms with Gasteiger partial charge in [0.2, 0.25) is 0 Å². The van der Waals surface area contributed by atoms with Crippen LogP contribution in [-0.2, 0) is 16.6 Å². The molecule has 0 aliphatic heterocycles. The van der Waals surface area contributed by atoms with E-state index >= 15 is 0 Å².